The molecular weight excluding hydrogens is 242 g/mol. The molecule has 1 fully saturated rings. The number of hydrogen-bond donors (Lipinski definition) is 0. The zero-order valence-electron chi connectivity index (χ0n) is 11.2. The van der Waals surface area contributed by atoms with Gasteiger partial charge in [-0.3, -0.25) is 9.63 Å². The molecule has 1 amide bonds. The molecule has 1 aliphatic carbocycles. The summed E-state index contributed by atoms with van der Waals surface area (Å²) in [7, 11) is 1.51. The fourth-order valence-electron chi connectivity index (χ4n) is 2.95. The third-order valence-electron chi connectivity index (χ3n) is 3.94. The molecule has 19 heavy (non-hydrogen) atoms. The van der Waals surface area contributed by atoms with Crippen molar-refractivity contribution in [2.75, 3.05) is 7.11 Å². The number of ether oxygens (including phenoxy) is 1. The third kappa shape index (κ3) is 2.26. The van der Waals surface area contributed by atoms with Crippen LogP contribution < -0.4 is 0 Å². The monoisotopic (exact) mass is 261 g/mol. The topological polar surface area (TPSA) is 38.8 Å². The van der Waals surface area contributed by atoms with Crippen LogP contribution in [0.1, 0.15) is 54.3 Å². The second-order valence-corrected chi connectivity index (χ2v) is 5.15. The Hall–Kier alpha value is -1.39. The van der Waals surface area contributed by atoms with Crippen LogP contribution in [0, 0.1) is 0 Å². The lowest BCUT2D eigenvalue weighted by molar-refractivity contribution is -0.217. The Morgan fingerprint density at radius 2 is 1.89 bits per heavy atom. The molecule has 0 spiro atoms. The molecule has 4 nitrogen and oxygen atoms in total. The summed E-state index contributed by atoms with van der Waals surface area (Å²) in [6.07, 6.45) is 5.69. The van der Waals surface area contributed by atoms with Gasteiger partial charge in [0.2, 0.25) is 0 Å². The summed E-state index contributed by atoms with van der Waals surface area (Å²) in [5.74, 6) is -0.112. The summed E-state index contributed by atoms with van der Waals surface area (Å²) >= 11 is 0. The number of hydrogen-bond acceptors (Lipinski definition) is 3. The largest absolute Gasteiger partial charge is 0.348 e. The zero-order chi connectivity index (χ0) is 13.2. The number of nitrogens with zero attached hydrogens (tertiary/aromatic N) is 1. The highest BCUT2D eigenvalue weighted by Crippen LogP contribution is 2.37. The molecule has 0 radical (unpaired) electrons. The van der Waals surface area contributed by atoms with E-state index in [0.717, 1.165) is 18.4 Å². The summed E-state index contributed by atoms with van der Waals surface area (Å²) in [4.78, 5) is 17.4. The fourth-order valence-corrected chi connectivity index (χ4v) is 2.95. The first-order valence-electron chi connectivity index (χ1n) is 6.93. The van der Waals surface area contributed by atoms with Gasteiger partial charge in [0, 0.05) is 11.1 Å². The van der Waals surface area contributed by atoms with Gasteiger partial charge in [-0.2, -0.15) is 5.06 Å². The fraction of sp³-hybridized carbons (Fsp3) is 0.533. The molecule has 1 aromatic rings. The van der Waals surface area contributed by atoms with Crippen molar-refractivity contribution in [2.24, 2.45) is 0 Å². The molecule has 1 atom stereocenters. The quantitative estimate of drug-likeness (QED) is 0.839. The van der Waals surface area contributed by atoms with E-state index in [1.165, 1.54) is 31.4 Å². The Morgan fingerprint density at radius 1 is 1.16 bits per heavy atom. The van der Waals surface area contributed by atoms with Crippen LogP contribution in [0.4, 0.5) is 0 Å². The van der Waals surface area contributed by atoms with Crippen molar-refractivity contribution in [3.05, 3.63) is 35.4 Å². The van der Waals surface area contributed by atoms with E-state index in [1.54, 1.807) is 0 Å². The minimum Gasteiger partial charge on any atom is -0.348 e. The van der Waals surface area contributed by atoms with Gasteiger partial charge in [-0.25, -0.2) is 0 Å². The van der Waals surface area contributed by atoms with Gasteiger partial charge in [-0.15, -0.1) is 0 Å². The van der Waals surface area contributed by atoms with Crippen LogP contribution in [0.5, 0.6) is 0 Å². The molecule has 1 aromatic carbocycles. The maximum Gasteiger partial charge on any atom is 0.280 e. The van der Waals surface area contributed by atoms with E-state index in [-0.39, 0.29) is 12.0 Å². The summed E-state index contributed by atoms with van der Waals surface area (Å²) in [5.41, 5.74) is 1.60. The Labute approximate surface area is 113 Å². The molecule has 1 saturated carbocycles. The van der Waals surface area contributed by atoms with Crippen molar-refractivity contribution >= 4 is 5.91 Å². The summed E-state index contributed by atoms with van der Waals surface area (Å²) in [6, 6.07) is 7.57. The van der Waals surface area contributed by atoms with Crippen LogP contribution in [-0.2, 0) is 9.57 Å². The first-order valence-corrected chi connectivity index (χ1v) is 6.93. The third-order valence-corrected chi connectivity index (χ3v) is 3.94. The minimum absolute atomic E-state index is 0.112. The Bertz CT molecular complexity index is 468. The predicted octanol–water partition coefficient (Wildman–Crippen LogP) is 3.05. The molecule has 0 aromatic heterocycles. The van der Waals surface area contributed by atoms with Crippen molar-refractivity contribution < 1.29 is 14.4 Å². The van der Waals surface area contributed by atoms with Crippen LogP contribution in [0.15, 0.2) is 24.3 Å². The van der Waals surface area contributed by atoms with Gasteiger partial charge in [0.25, 0.3) is 5.91 Å². The number of fused-ring (bicyclic) bond motifs is 1. The highest BCUT2D eigenvalue weighted by atomic mass is 16.7. The Morgan fingerprint density at radius 3 is 2.63 bits per heavy atom. The minimum atomic E-state index is -0.392. The van der Waals surface area contributed by atoms with Crippen LogP contribution in [0.2, 0.25) is 0 Å². The van der Waals surface area contributed by atoms with Crippen molar-refractivity contribution in [1.82, 2.24) is 5.06 Å². The van der Waals surface area contributed by atoms with Gasteiger partial charge in [0.05, 0.1) is 13.2 Å². The lowest BCUT2D eigenvalue weighted by atomic mass is 9.97. The molecule has 3 rings (SSSR count). The highest BCUT2D eigenvalue weighted by molar-refractivity contribution is 5.98. The lowest BCUT2D eigenvalue weighted by Crippen LogP contribution is -2.31. The van der Waals surface area contributed by atoms with Crippen LogP contribution >= 0.6 is 0 Å². The predicted molar refractivity (Wildman–Crippen MR) is 70.3 cm³/mol. The van der Waals surface area contributed by atoms with Crippen LogP contribution in [-0.4, -0.2) is 24.2 Å². The van der Waals surface area contributed by atoms with Gasteiger partial charge in [0.15, 0.2) is 6.23 Å². The van der Waals surface area contributed by atoms with E-state index in [0.29, 0.717) is 5.56 Å². The van der Waals surface area contributed by atoms with Gasteiger partial charge in [0.1, 0.15) is 0 Å². The molecule has 0 N–H and O–H groups in total. The normalized spacial score (nSPS) is 23.7. The van der Waals surface area contributed by atoms with Crippen molar-refractivity contribution in [3.8, 4) is 0 Å². The number of amides is 1. The second-order valence-electron chi connectivity index (χ2n) is 5.15. The van der Waals surface area contributed by atoms with Crippen molar-refractivity contribution in [2.45, 2.75) is 44.4 Å². The smallest absolute Gasteiger partial charge is 0.280 e. The van der Waals surface area contributed by atoms with E-state index in [1.807, 2.05) is 24.3 Å². The maximum absolute atomic E-state index is 12.2. The van der Waals surface area contributed by atoms with E-state index >= 15 is 0 Å². The zero-order valence-corrected chi connectivity index (χ0v) is 11.2. The van der Waals surface area contributed by atoms with E-state index in [2.05, 4.69) is 0 Å². The molecule has 1 unspecified atom stereocenters. The van der Waals surface area contributed by atoms with Crippen molar-refractivity contribution in [1.29, 1.82) is 0 Å². The second kappa shape index (κ2) is 5.31. The molecule has 0 bridgehead atoms. The summed E-state index contributed by atoms with van der Waals surface area (Å²) < 4.78 is 6.13. The number of hydroxylamine groups is 2. The lowest BCUT2D eigenvalue weighted by Gasteiger charge is -2.29. The van der Waals surface area contributed by atoms with Crippen LogP contribution in [0.25, 0.3) is 0 Å². The molecule has 102 valence electrons. The number of rotatable bonds is 3. The molecule has 2 aliphatic rings. The standard InChI is InChI=1S/C15H19NO3/c1-18-16-14(17)12-9-5-6-10-13(12)15(16)19-11-7-3-2-4-8-11/h5-6,9-11,15H,2-4,7-8H2,1H3. The van der Waals surface area contributed by atoms with Crippen molar-refractivity contribution in [3.63, 3.8) is 0 Å². The highest BCUT2D eigenvalue weighted by Gasteiger charge is 2.39. The maximum atomic E-state index is 12.2. The molecular formula is C15H19NO3. The first kappa shape index (κ1) is 12.6. The molecule has 4 heteroatoms. The van der Waals surface area contributed by atoms with Crippen LogP contribution in [0.3, 0.4) is 0 Å². The molecule has 1 aliphatic heterocycles. The Kier molecular flexibility index (Phi) is 3.53. The average molecular weight is 261 g/mol. The number of carbonyl (C=O) groups is 1. The average Bonchev–Trinajstić information content (AvgIpc) is 2.73. The summed E-state index contributed by atoms with van der Waals surface area (Å²) in [6.45, 7) is 0. The van der Waals surface area contributed by atoms with E-state index in [9.17, 15) is 4.79 Å². The molecule has 0 saturated heterocycles. The van der Waals surface area contributed by atoms with E-state index in [4.69, 9.17) is 9.57 Å². The van der Waals surface area contributed by atoms with Gasteiger partial charge >= 0.3 is 0 Å². The van der Waals surface area contributed by atoms with E-state index < -0.39 is 6.23 Å². The SMILES string of the molecule is CON1C(=O)c2ccccc2C1OC1CCCCC1. The molecule has 1 heterocycles. The van der Waals surface area contributed by atoms with Gasteiger partial charge in [-0.05, 0) is 18.9 Å². The van der Waals surface area contributed by atoms with Gasteiger partial charge in [-0.1, -0.05) is 37.5 Å². The summed E-state index contributed by atoms with van der Waals surface area (Å²) in [5, 5.41) is 1.35. The number of carbonyl (C=O) groups excluding carboxylic acids is 1. The first-order chi connectivity index (χ1) is 9.31. The number of benzene rings is 1. The van der Waals surface area contributed by atoms with Gasteiger partial charge < -0.3 is 4.74 Å². The Balaban J connectivity index is 1.83.